The van der Waals surface area contributed by atoms with Crippen molar-refractivity contribution in [2.24, 2.45) is 0 Å². The van der Waals surface area contributed by atoms with Gasteiger partial charge in [-0.3, -0.25) is 20.2 Å². The van der Waals surface area contributed by atoms with Crippen LogP contribution in [0.3, 0.4) is 0 Å². The van der Waals surface area contributed by atoms with Crippen molar-refractivity contribution < 1.29 is 18.8 Å². The number of non-ortho nitro benzene ring substituents is 2. The summed E-state index contributed by atoms with van der Waals surface area (Å²) in [7, 11) is 0. The average Bonchev–Trinajstić information content (AvgIpc) is 2.70. The topological polar surface area (TPSA) is 86.3 Å². The van der Waals surface area contributed by atoms with Crippen LogP contribution < -0.4 is 0 Å². The molecule has 28 heavy (non-hydrogen) atoms. The highest BCUT2D eigenvalue weighted by Crippen LogP contribution is 2.31. The Balaban J connectivity index is 1.40. The van der Waals surface area contributed by atoms with Crippen LogP contribution in [0.15, 0.2) is 48.5 Å². The first kappa shape index (κ1) is 18.5. The predicted octanol–water partition coefficient (Wildman–Crippen LogP) is 2.86. The Hall–Kier alpha value is -2.84. The molecule has 3 fully saturated rings. The van der Waals surface area contributed by atoms with Gasteiger partial charge in [0.25, 0.3) is 11.4 Å². The molecule has 3 heterocycles. The Kier molecular flexibility index (Phi) is 4.60. The van der Waals surface area contributed by atoms with Gasteiger partial charge >= 0.3 is 0 Å². The van der Waals surface area contributed by atoms with E-state index in [1.165, 1.54) is 0 Å². The summed E-state index contributed by atoms with van der Waals surface area (Å²) in [6.45, 7) is 8.46. The van der Waals surface area contributed by atoms with Crippen LogP contribution in [0.1, 0.15) is 11.1 Å². The summed E-state index contributed by atoms with van der Waals surface area (Å²) >= 11 is 0. The monoisotopic (exact) mass is 384 g/mol. The van der Waals surface area contributed by atoms with Crippen molar-refractivity contribution in [2.45, 2.75) is 13.1 Å². The third-order valence-electron chi connectivity index (χ3n) is 6.48. The number of nitrogens with zero attached hydrogens (tertiary/aromatic N) is 4. The first-order valence-electron chi connectivity index (χ1n) is 9.56. The van der Waals surface area contributed by atoms with Gasteiger partial charge < -0.3 is 8.97 Å². The van der Waals surface area contributed by atoms with Crippen LogP contribution in [0.5, 0.6) is 0 Å². The number of nitro groups is 2. The molecule has 0 aromatic heterocycles. The number of fused-ring (bicyclic) bond motifs is 3. The Bertz CT molecular complexity index is 795. The van der Waals surface area contributed by atoms with E-state index >= 15 is 0 Å². The fraction of sp³-hybridized carbons (Fsp3) is 0.400. The van der Waals surface area contributed by atoms with E-state index in [0.717, 1.165) is 72.5 Å². The van der Waals surface area contributed by atoms with Crippen molar-refractivity contribution in [1.29, 1.82) is 0 Å². The molecular weight excluding hydrogens is 360 g/mol. The molecule has 0 unspecified atom stereocenters. The molecular formula is C20H24N4O4+2. The molecule has 3 saturated heterocycles. The van der Waals surface area contributed by atoms with Crippen LogP contribution in [0.4, 0.5) is 11.4 Å². The van der Waals surface area contributed by atoms with Crippen LogP contribution in [-0.4, -0.2) is 58.1 Å². The summed E-state index contributed by atoms with van der Waals surface area (Å²) in [6.07, 6.45) is 0. The number of rotatable bonds is 6. The van der Waals surface area contributed by atoms with Crippen molar-refractivity contribution in [3.8, 4) is 0 Å². The van der Waals surface area contributed by atoms with Crippen LogP contribution >= 0.6 is 0 Å². The number of hydrogen-bond acceptors (Lipinski definition) is 4. The third kappa shape index (κ3) is 3.61. The molecule has 3 aliphatic heterocycles. The van der Waals surface area contributed by atoms with Gasteiger partial charge in [0.2, 0.25) is 0 Å². The Labute approximate surface area is 163 Å². The summed E-state index contributed by atoms with van der Waals surface area (Å²) in [6, 6.07) is 13.9. The summed E-state index contributed by atoms with van der Waals surface area (Å²) in [5.41, 5.74) is 2.59. The minimum atomic E-state index is -0.359. The van der Waals surface area contributed by atoms with E-state index in [1.54, 1.807) is 24.3 Å². The summed E-state index contributed by atoms with van der Waals surface area (Å²) < 4.78 is 2.11. The molecule has 0 atom stereocenters. The molecule has 8 heteroatoms. The zero-order valence-corrected chi connectivity index (χ0v) is 15.7. The highest BCUT2D eigenvalue weighted by atomic mass is 16.6. The van der Waals surface area contributed by atoms with Gasteiger partial charge in [0, 0.05) is 35.4 Å². The molecule has 146 valence electrons. The van der Waals surface area contributed by atoms with Crippen LogP contribution in [0, 0.1) is 20.2 Å². The first-order valence-corrected chi connectivity index (χ1v) is 9.56. The van der Waals surface area contributed by atoms with E-state index in [0.29, 0.717) is 0 Å². The zero-order chi connectivity index (χ0) is 19.8. The average molecular weight is 384 g/mol. The maximum atomic E-state index is 10.8. The van der Waals surface area contributed by atoms with Gasteiger partial charge in [0.05, 0.1) is 9.85 Å². The molecule has 2 aromatic carbocycles. The number of hydrogen-bond donors (Lipinski definition) is 0. The zero-order valence-electron chi connectivity index (χ0n) is 15.7. The van der Waals surface area contributed by atoms with E-state index in [1.807, 2.05) is 24.3 Å². The van der Waals surface area contributed by atoms with Crippen molar-refractivity contribution >= 4 is 11.4 Å². The highest BCUT2D eigenvalue weighted by molar-refractivity contribution is 5.33. The second-order valence-corrected chi connectivity index (χ2v) is 8.19. The smallest absolute Gasteiger partial charge is 0.269 e. The van der Waals surface area contributed by atoms with E-state index < -0.39 is 0 Å². The van der Waals surface area contributed by atoms with E-state index in [9.17, 15) is 20.2 Å². The Morgan fingerprint density at radius 1 is 0.607 bits per heavy atom. The van der Waals surface area contributed by atoms with Gasteiger partial charge in [0.1, 0.15) is 52.4 Å². The van der Waals surface area contributed by atoms with Gasteiger partial charge in [-0.25, -0.2) is 0 Å². The van der Waals surface area contributed by atoms with Gasteiger partial charge in [-0.2, -0.15) is 0 Å². The van der Waals surface area contributed by atoms with E-state index in [2.05, 4.69) is 0 Å². The maximum Gasteiger partial charge on any atom is 0.269 e. The first-order chi connectivity index (χ1) is 13.4. The van der Waals surface area contributed by atoms with Gasteiger partial charge in [-0.1, -0.05) is 0 Å². The quantitative estimate of drug-likeness (QED) is 0.435. The van der Waals surface area contributed by atoms with Crippen LogP contribution in [0.25, 0.3) is 0 Å². The number of quaternary nitrogens is 2. The lowest BCUT2D eigenvalue weighted by Gasteiger charge is -2.55. The predicted molar refractivity (Wildman–Crippen MR) is 103 cm³/mol. The Morgan fingerprint density at radius 3 is 1.14 bits per heavy atom. The van der Waals surface area contributed by atoms with Gasteiger partial charge in [-0.15, -0.1) is 0 Å². The molecule has 0 amide bonds. The van der Waals surface area contributed by atoms with Crippen molar-refractivity contribution in [2.75, 3.05) is 39.3 Å². The summed E-state index contributed by atoms with van der Waals surface area (Å²) in [5, 5.41) is 21.7. The summed E-state index contributed by atoms with van der Waals surface area (Å²) in [4.78, 5) is 20.9. The van der Waals surface area contributed by atoms with Gasteiger partial charge in [-0.05, 0) is 24.3 Å². The molecule has 2 bridgehead atoms. The molecule has 3 aliphatic rings. The number of piperazine rings is 3. The molecule has 5 rings (SSSR count). The largest absolute Gasteiger partial charge is 0.306 e. The Morgan fingerprint density at radius 2 is 0.893 bits per heavy atom. The molecule has 0 aliphatic carbocycles. The number of benzene rings is 2. The lowest BCUT2D eigenvalue weighted by Crippen LogP contribution is -2.74. The lowest BCUT2D eigenvalue weighted by atomic mass is 10.0. The second-order valence-electron chi connectivity index (χ2n) is 8.19. The van der Waals surface area contributed by atoms with E-state index in [4.69, 9.17) is 0 Å². The molecule has 0 saturated carbocycles. The SMILES string of the molecule is O=[N+]([O-])c1ccc(C[N+]23CC[N+](Cc4ccc([N+](=O)[O-])cc4)(CC2)CC3)cc1. The standard InChI is InChI=1S/C20H24N4O4/c25-21(26)19-5-1-17(2-6-19)15-23-9-12-24(13-10-23,14-11-23)16-18-3-7-20(8-4-18)22(27)28/h1-8H,9-16H2/q+2. The molecule has 0 radical (unpaired) electrons. The van der Waals surface area contributed by atoms with Crippen LogP contribution in [-0.2, 0) is 13.1 Å². The van der Waals surface area contributed by atoms with Crippen molar-refractivity contribution in [1.82, 2.24) is 0 Å². The molecule has 0 N–H and O–H groups in total. The minimum absolute atomic E-state index is 0.139. The molecule has 8 nitrogen and oxygen atoms in total. The van der Waals surface area contributed by atoms with Crippen molar-refractivity contribution in [3.05, 3.63) is 79.9 Å². The van der Waals surface area contributed by atoms with Gasteiger partial charge in [0.15, 0.2) is 0 Å². The fourth-order valence-electron chi connectivity index (χ4n) is 4.64. The van der Waals surface area contributed by atoms with Crippen LogP contribution in [0.2, 0.25) is 0 Å². The lowest BCUT2D eigenvalue weighted by molar-refractivity contribution is -1.09. The normalized spacial score (nSPS) is 26.1. The molecule has 2 aromatic rings. The third-order valence-corrected chi connectivity index (χ3v) is 6.48. The second kappa shape index (κ2) is 6.96. The van der Waals surface area contributed by atoms with E-state index in [-0.39, 0.29) is 21.2 Å². The summed E-state index contributed by atoms with van der Waals surface area (Å²) in [5.74, 6) is 0. The number of nitro benzene ring substituents is 2. The minimum Gasteiger partial charge on any atom is -0.306 e. The molecule has 0 spiro atoms. The maximum absolute atomic E-state index is 10.8. The van der Waals surface area contributed by atoms with Crippen molar-refractivity contribution in [3.63, 3.8) is 0 Å². The fourth-order valence-corrected chi connectivity index (χ4v) is 4.64. The highest BCUT2D eigenvalue weighted by Gasteiger charge is 2.48.